The van der Waals surface area contributed by atoms with E-state index in [0.717, 1.165) is 25.1 Å². The second-order valence-corrected chi connectivity index (χ2v) is 6.19. The molecule has 0 saturated carbocycles. The van der Waals surface area contributed by atoms with Crippen molar-refractivity contribution in [2.75, 3.05) is 13.1 Å². The summed E-state index contributed by atoms with van der Waals surface area (Å²) in [6, 6.07) is 14.7. The van der Waals surface area contributed by atoms with Crippen molar-refractivity contribution in [2.24, 2.45) is 5.92 Å². The molecule has 1 aliphatic heterocycles. The molecule has 0 radical (unpaired) electrons. The molecule has 0 aromatic heterocycles. The van der Waals surface area contributed by atoms with Gasteiger partial charge in [0.05, 0.1) is 0 Å². The summed E-state index contributed by atoms with van der Waals surface area (Å²) in [5.74, 6) is 0.888. The highest BCUT2D eigenvalue weighted by atomic mass is 35.5. The van der Waals surface area contributed by atoms with Crippen LogP contribution in [0.3, 0.4) is 0 Å². The maximum absolute atomic E-state index is 12.0. The quantitative estimate of drug-likeness (QED) is 0.877. The summed E-state index contributed by atoms with van der Waals surface area (Å²) in [5.41, 5.74) is 1.16. The summed E-state index contributed by atoms with van der Waals surface area (Å²) in [5, 5.41) is 8.88. The van der Waals surface area contributed by atoms with Crippen LogP contribution in [-0.2, 0) is 11.3 Å². The average Bonchev–Trinajstić information content (AvgIpc) is 2.59. The molecule has 23 heavy (non-hydrogen) atoms. The first-order valence-electron chi connectivity index (χ1n) is 8.26. The fourth-order valence-electron chi connectivity index (χ4n) is 3.14. The summed E-state index contributed by atoms with van der Waals surface area (Å²) in [4.78, 5) is 12.0. The van der Waals surface area contributed by atoms with Crippen molar-refractivity contribution in [1.29, 1.82) is 0 Å². The highest BCUT2D eigenvalue weighted by Gasteiger charge is 2.14. The van der Waals surface area contributed by atoms with Gasteiger partial charge in [-0.1, -0.05) is 36.4 Å². The molecule has 1 amide bonds. The van der Waals surface area contributed by atoms with Gasteiger partial charge in [0.2, 0.25) is 5.91 Å². The summed E-state index contributed by atoms with van der Waals surface area (Å²) in [7, 11) is 0. The van der Waals surface area contributed by atoms with Gasteiger partial charge in [-0.2, -0.15) is 0 Å². The monoisotopic (exact) mass is 332 g/mol. The van der Waals surface area contributed by atoms with Crippen molar-refractivity contribution in [3.63, 3.8) is 0 Å². The van der Waals surface area contributed by atoms with E-state index in [1.54, 1.807) is 0 Å². The van der Waals surface area contributed by atoms with E-state index >= 15 is 0 Å². The van der Waals surface area contributed by atoms with E-state index in [2.05, 4.69) is 41.0 Å². The van der Waals surface area contributed by atoms with Crippen LogP contribution in [0.25, 0.3) is 10.8 Å². The molecule has 3 rings (SSSR count). The number of nitrogens with one attached hydrogen (secondary N) is 2. The largest absolute Gasteiger partial charge is 0.352 e. The first kappa shape index (κ1) is 17.8. The van der Waals surface area contributed by atoms with Gasteiger partial charge >= 0.3 is 0 Å². The molecule has 0 unspecified atom stereocenters. The summed E-state index contributed by atoms with van der Waals surface area (Å²) >= 11 is 0. The van der Waals surface area contributed by atoms with Crippen LogP contribution in [0, 0.1) is 5.92 Å². The minimum absolute atomic E-state index is 0. The molecule has 0 bridgehead atoms. The van der Waals surface area contributed by atoms with Crippen molar-refractivity contribution in [3.05, 3.63) is 48.0 Å². The molecule has 1 fully saturated rings. The van der Waals surface area contributed by atoms with E-state index in [1.807, 2.05) is 12.1 Å². The predicted octanol–water partition coefficient (Wildman–Crippen LogP) is 3.66. The number of halogens is 1. The number of benzene rings is 2. The third-order valence-electron chi connectivity index (χ3n) is 4.54. The van der Waals surface area contributed by atoms with Crippen LogP contribution in [0.1, 0.15) is 31.2 Å². The van der Waals surface area contributed by atoms with E-state index < -0.39 is 0 Å². The van der Waals surface area contributed by atoms with E-state index in [1.165, 1.54) is 23.6 Å². The molecule has 0 spiro atoms. The lowest BCUT2D eigenvalue weighted by Crippen LogP contribution is -2.29. The molecule has 4 heteroatoms. The number of fused-ring (bicyclic) bond motifs is 1. The smallest absolute Gasteiger partial charge is 0.220 e. The summed E-state index contributed by atoms with van der Waals surface area (Å²) in [6.07, 6.45) is 4.08. The SMILES string of the molecule is Cl.O=C(CCC1CCNCC1)NCc1ccc2ccccc2c1. The maximum Gasteiger partial charge on any atom is 0.220 e. The van der Waals surface area contributed by atoms with E-state index in [9.17, 15) is 4.79 Å². The molecule has 2 aromatic rings. The number of hydrogen-bond donors (Lipinski definition) is 2. The zero-order valence-corrected chi connectivity index (χ0v) is 14.2. The second kappa shape index (κ2) is 8.90. The third kappa shape index (κ3) is 5.22. The standard InChI is InChI=1S/C19H24N2O.ClH/c22-19(8-6-15-9-11-20-12-10-15)21-14-16-5-7-17-3-1-2-4-18(17)13-16;/h1-5,7,13,15,20H,6,8-12,14H2,(H,21,22);1H. The molecule has 1 heterocycles. The van der Waals surface area contributed by atoms with Gasteiger partial charge in [-0.25, -0.2) is 0 Å². The Morgan fingerprint density at radius 1 is 1.09 bits per heavy atom. The van der Waals surface area contributed by atoms with Gasteiger partial charge in [-0.3, -0.25) is 4.79 Å². The first-order valence-corrected chi connectivity index (χ1v) is 8.26. The molecule has 0 aliphatic carbocycles. The Balaban J connectivity index is 0.00000192. The fourth-order valence-corrected chi connectivity index (χ4v) is 3.14. The van der Waals surface area contributed by atoms with E-state index in [4.69, 9.17) is 0 Å². The number of carbonyl (C=O) groups is 1. The average molecular weight is 333 g/mol. The first-order chi connectivity index (χ1) is 10.8. The van der Waals surface area contributed by atoms with Crippen molar-refractivity contribution in [3.8, 4) is 0 Å². The van der Waals surface area contributed by atoms with E-state index in [-0.39, 0.29) is 18.3 Å². The minimum Gasteiger partial charge on any atom is -0.352 e. The number of piperidine rings is 1. The lowest BCUT2D eigenvalue weighted by atomic mass is 9.93. The summed E-state index contributed by atoms with van der Waals surface area (Å²) in [6.45, 7) is 2.82. The van der Waals surface area contributed by atoms with Crippen LogP contribution in [-0.4, -0.2) is 19.0 Å². The predicted molar refractivity (Wildman–Crippen MR) is 97.9 cm³/mol. The second-order valence-electron chi connectivity index (χ2n) is 6.19. The van der Waals surface area contributed by atoms with Gasteiger partial charge in [-0.15, -0.1) is 12.4 Å². The molecule has 1 aliphatic rings. The molecule has 2 aromatic carbocycles. The van der Waals surface area contributed by atoms with Crippen LogP contribution < -0.4 is 10.6 Å². The van der Waals surface area contributed by atoms with Gasteiger partial charge < -0.3 is 10.6 Å². The number of carbonyl (C=O) groups excluding carboxylic acids is 1. The molecular formula is C19H25ClN2O. The third-order valence-corrected chi connectivity index (χ3v) is 4.54. The lowest BCUT2D eigenvalue weighted by molar-refractivity contribution is -0.121. The molecule has 3 nitrogen and oxygen atoms in total. The topological polar surface area (TPSA) is 41.1 Å². The zero-order valence-electron chi connectivity index (χ0n) is 13.4. The highest BCUT2D eigenvalue weighted by Crippen LogP contribution is 2.18. The Kier molecular flexibility index (Phi) is 6.87. The fraction of sp³-hybridized carbons (Fsp3) is 0.421. The van der Waals surface area contributed by atoms with Gasteiger partial charge in [0.15, 0.2) is 0 Å². The van der Waals surface area contributed by atoms with Crippen LogP contribution in [0.4, 0.5) is 0 Å². The number of rotatable bonds is 5. The Labute approximate surface area is 144 Å². The van der Waals surface area contributed by atoms with E-state index in [0.29, 0.717) is 18.9 Å². The molecule has 124 valence electrons. The van der Waals surface area contributed by atoms with Gasteiger partial charge in [0.1, 0.15) is 0 Å². The van der Waals surface area contributed by atoms with Gasteiger partial charge in [0.25, 0.3) is 0 Å². The van der Waals surface area contributed by atoms with Crippen LogP contribution in [0.5, 0.6) is 0 Å². The Bertz CT molecular complexity index is 638. The normalized spacial score (nSPS) is 15.1. The molecule has 1 saturated heterocycles. The Morgan fingerprint density at radius 3 is 2.61 bits per heavy atom. The number of hydrogen-bond acceptors (Lipinski definition) is 2. The van der Waals surface area contributed by atoms with Crippen molar-refractivity contribution in [2.45, 2.75) is 32.2 Å². The molecular weight excluding hydrogens is 308 g/mol. The summed E-state index contributed by atoms with van der Waals surface area (Å²) < 4.78 is 0. The Morgan fingerprint density at radius 2 is 1.83 bits per heavy atom. The van der Waals surface area contributed by atoms with Crippen LogP contribution in [0.2, 0.25) is 0 Å². The zero-order chi connectivity index (χ0) is 15.2. The van der Waals surface area contributed by atoms with Crippen LogP contribution in [0.15, 0.2) is 42.5 Å². The van der Waals surface area contributed by atoms with Gasteiger partial charge in [-0.05, 0) is 60.7 Å². The number of amides is 1. The van der Waals surface area contributed by atoms with Crippen LogP contribution >= 0.6 is 12.4 Å². The lowest BCUT2D eigenvalue weighted by Gasteiger charge is -2.22. The van der Waals surface area contributed by atoms with Crippen molar-refractivity contribution < 1.29 is 4.79 Å². The van der Waals surface area contributed by atoms with Crippen molar-refractivity contribution in [1.82, 2.24) is 10.6 Å². The molecule has 2 N–H and O–H groups in total. The maximum atomic E-state index is 12.0. The molecule has 0 atom stereocenters. The Hall–Kier alpha value is -1.58. The van der Waals surface area contributed by atoms with Gasteiger partial charge in [0, 0.05) is 13.0 Å². The minimum atomic E-state index is 0. The highest BCUT2D eigenvalue weighted by molar-refractivity contribution is 5.85. The van der Waals surface area contributed by atoms with Crippen molar-refractivity contribution >= 4 is 29.1 Å².